The highest BCUT2D eigenvalue weighted by atomic mass is 79.9. The van der Waals surface area contributed by atoms with E-state index in [9.17, 15) is 4.39 Å². The van der Waals surface area contributed by atoms with E-state index in [1.807, 2.05) is 30.3 Å². The zero-order valence-electron chi connectivity index (χ0n) is 10.6. The van der Waals surface area contributed by atoms with Gasteiger partial charge in [0.1, 0.15) is 0 Å². The molecule has 1 fully saturated rings. The van der Waals surface area contributed by atoms with Crippen molar-refractivity contribution in [1.29, 1.82) is 0 Å². The molecule has 100 valence electrons. The average molecular weight is 323 g/mol. The number of halogens is 2. The summed E-state index contributed by atoms with van der Waals surface area (Å²) in [6, 6.07) is 9.39. The van der Waals surface area contributed by atoms with Gasteiger partial charge in [0.2, 0.25) is 5.95 Å². The predicted molar refractivity (Wildman–Crippen MR) is 77.1 cm³/mol. The van der Waals surface area contributed by atoms with Gasteiger partial charge in [-0.1, -0.05) is 53.4 Å². The van der Waals surface area contributed by atoms with E-state index in [0.29, 0.717) is 5.56 Å². The van der Waals surface area contributed by atoms with Crippen LogP contribution in [-0.4, -0.2) is 9.78 Å². The Kier molecular flexibility index (Phi) is 3.69. The predicted octanol–water partition coefficient (Wildman–Crippen LogP) is 4.64. The lowest BCUT2D eigenvalue weighted by Crippen LogP contribution is -2.13. The summed E-state index contributed by atoms with van der Waals surface area (Å²) >= 11 is 3.60. The number of hydrogen-bond donors (Lipinski definition) is 0. The molecule has 4 heteroatoms. The third-order valence-corrected chi connectivity index (χ3v) is 4.71. The third-order valence-electron chi connectivity index (χ3n) is 3.84. The highest BCUT2D eigenvalue weighted by molar-refractivity contribution is 9.09. The molecule has 0 aliphatic heterocycles. The molecule has 0 N–H and O–H groups in total. The zero-order valence-corrected chi connectivity index (χ0v) is 12.2. The van der Waals surface area contributed by atoms with Crippen molar-refractivity contribution in [1.82, 2.24) is 9.78 Å². The summed E-state index contributed by atoms with van der Waals surface area (Å²) < 4.78 is 15.8. The second-order valence-electron chi connectivity index (χ2n) is 5.14. The van der Waals surface area contributed by atoms with Gasteiger partial charge in [-0.25, -0.2) is 4.68 Å². The minimum Gasteiger partial charge on any atom is -0.206 e. The van der Waals surface area contributed by atoms with Crippen molar-refractivity contribution < 1.29 is 4.39 Å². The molecule has 2 aromatic rings. The van der Waals surface area contributed by atoms with Crippen LogP contribution in [0.1, 0.15) is 36.1 Å². The molecule has 2 nitrogen and oxygen atoms in total. The first-order valence-corrected chi connectivity index (χ1v) is 7.60. The second-order valence-corrected chi connectivity index (χ2v) is 6.24. The Morgan fingerprint density at radius 2 is 2.05 bits per heavy atom. The summed E-state index contributed by atoms with van der Waals surface area (Å²) in [5, 5.41) is 4.17. The highest BCUT2D eigenvalue weighted by Gasteiger charge is 2.25. The van der Waals surface area contributed by atoms with E-state index in [1.165, 1.54) is 23.9 Å². The molecule has 0 saturated heterocycles. The van der Waals surface area contributed by atoms with E-state index >= 15 is 0 Å². The smallest absolute Gasteiger partial charge is 0.206 e. The largest absolute Gasteiger partial charge is 0.220 e. The first-order valence-electron chi connectivity index (χ1n) is 6.68. The van der Waals surface area contributed by atoms with E-state index < -0.39 is 0 Å². The third kappa shape index (κ3) is 2.59. The number of hydrogen-bond acceptors (Lipinski definition) is 1. The number of nitrogens with zero attached hydrogens (tertiary/aromatic N) is 2. The van der Waals surface area contributed by atoms with Crippen molar-refractivity contribution in [3.05, 3.63) is 48.0 Å². The van der Waals surface area contributed by atoms with Crippen LogP contribution in [0.2, 0.25) is 0 Å². The number of benzene rings is 1. The fourth-order valence-electron chi connectivity index (χ4n) is 2.45. The van der Waals surface area contributed by atoms with Gasteiger partial charge in [0, 0.05) is 10.4 Å². The minimum absolute atomic E-state index is 0.0651. The lowest BCUT2D eigenvalue weighted by molar-refractivity contribution is 0.294. The van der Waals surface area contributed by atoms with Gasteiger partial charge in [-0.2, -0.15) is 9.49 Å². The van der Waals surface area contributed by atoms with Gasteiger partial charge in [0.05, 0.1) is 11.9 Å². The van der Waals surface area contributed by atoms with Crippen LogP contribution in [0, 0.1) is 11.9 Å². The Bertz CT molecular complexity index is 549. The standard InChI is InChI=1S/C15H16BrFN2/c16-14(9-11-5-4-6-11)13-10-18-19(15(13)17)12-7-2-1-3-8-12/h1-3,7-8,10-11,14H,4-6,9H2. The number of para-hydroxylation sites is 1. The Morgan fingerprint density at radius 1 is 1.32 bits per heavy atom. The molecule has 0 spiro atoms. The molecule has 1 aromatic carbocycles. The summed E-state index contributed by atoms with van der Waals surface area (Å²) in [4.78, 5) is 0.0651. The molecule has 1 saturated carbocycles. The molecule has 1 aromatic heterocycles. The van der Waals surface area contributed by atoms with Gasteiger partial charge in [0.15, 0.2) is 0 Å². The molecule has 0 amide bonds. The van der Waals surface area contributed by atoms with Gasteiger partial charge in [-0.15, -0.1) is 0 Å². The van der Waals surface area contributed by atoms with Crippen LogP contribution in [0.15, 0.2) is 36.5 Å². The Hall–Kier alpha value is -1.16. The fraction of sp³-hybridized carbons (Fsp3) is 0.400. The van der Waals surface area contributed by atoms with Crippen molar-refractivity contribution in [2.45, 2.75) is 30.5 Å². The lowest BCUT2D eigenvalue weighted by Gasteiger charge is -2.27. The molecule has 19 heavy (non-hydrogen) atoms. The van der Waals surface area contributed by atoms with E-state index in [4.69, 9.17) is 0 Å². The fourth-order valence-corrected chi connectivity index (χ4v) is 3.29. The van der Waals surface area contributed by atoms with Crippen molar-refractivity contribution >= 4 is 15.9 Å². The summed E-state index contributed by atoms with van der Waals surface area (Å²) in [5.41, 5.74) is 1.42. The van der Waals surface area contributed by atoms with Crippen LogP contribution in [0.5, 0.6) is 0 Å². The molecule has 3 rings (SSSR count). The van der Waals surface area contributed by atoms with Crippen LogP contribution >= 0.6 is 15.9 Å². The summed E-state index contributed by atoms with van der Waals surface area (Å²) in [6.07, 6.45) is 6.50. The summed E-state index contributed by atoms with van der Waals surface area (Å²) in [6.45, 7) is 0. The second kappa shape index (κ2) is 5.45. The molecule has 1 atom stereocenters. The van der Waals surface area contributed by atoms with Crippen molar-refractivity contribution in [3.63, 3.8) is 0 Å². The lowest BCUT2D eigenvalue weighted by atomic mass is 9.81. The van der Waals surface area contributed by atoms with Gasteiger partial charge < -0.3 is 0 Å². The quantitative estimate of drug-likeness (QED) is 0.750. The normalized spacial score (nSPS) is 17.2. The van der Waals surface area contributed by atoms with Gasteiger partial charge in [-0.3, -0.25) is 0 Å². The van der Waals surface area contributed by atoms with Crippen molar-refractivity contribution in [2.24, 2.45) is 5.92 Å². The minimum atomic E-state index is -0.257. The monoisotopic (exact) mass is 322 g/mol. The number of rotatable bonds is 4. The Morgan fingerprint density at radius 3 is 2.68 bits per heavy atom. The summed E-state index contributed by atoms with van der Waals surface area (Å²) in [5.74, 6) is 0.483. The van der Waals surface area contributed by atoms with Crippen molar-refractivity contribution in [2.75, 3.05) is 0 Å². The number of aromatic nitrogens is 2. The maximum absolute atomic E-state index is 14.4. The first-order chi connectivity index (χ1) is 9.25. The topological polar surface area (TPSA) is 17.8 Å². The molecule has 0 bridgehead atoms. The molecule has 0 radical (unpaired) electrons. The first kappa shape index (κ1) is 12.9. The molecule has 1 heterocycles. The average Bonchev–Trinajstić information content (AvgIpc) is 2.77. The Balaban J connectivity index is 1.82. The SMILES string of the molecule is Fc1c(C(Br)CC2CCC2)cnn1-c1ccccc1. The van der Waals surface area contributed by atoms with E-state index in [-0.39, 0.29) is 10.8 Å². The van der Waals surface area contributed by atoms with Crippen LogP contribution in [-0.2, 0) is 0 Å². The van der Waals surface area contributed by atoms with Gasteiger partial charge >= 0.3 is 0 Å². The van der Waals surface area contributed by atoms with Crippen molar-refractivity contribution in [3.8, 4) is 5.69 Å². The summed E-state index contributed by atoms with van der Waals surface area (Å²) in [7, 11) is 0. The van der Waals surface area contributed by atoms with E-state index in [2.05, 4.69) is 21.0 Å². The highest BCUT2D eigenvalue weighted by Crippen LogP contribution is 2.39. The van der Waals surface area contributed by atoms with Crippen LogP contribution in [0.3, 0.4) is 0 Å². The van der Waals surface area contributed by atoms with E-state index in [0.717, 1.165) is 18.0 Å². The van der Waals surface area contributed by atoms with Crippen LogP contribution in [0.25, 0.3) is 5.69 Å². The molecular weight excluding hydrogens is 307 g/mol. The zero-order chi connectivity index (χ0) is 13.2. The van der Waals surface area contributed by atoms with Crippen LogP contribution < -0.4 is 0 Å². The molecule has 1 unspecified atom stereocenters. The van der Waals surface area contributed by atoms with Gasteiger partial charge in [-0.05, 0) is 24.5 Å². The molecule has 1 aliphatic rings. The van der Waals surface area contributed by atoms with Gasteiger partial charge in [0.25, 0.3) is 0 Å². The molecular formula is C15H16BrFN2. The number of alkyl halides is 1. The molecule has 1 aliphatic carbocycles. The van der Waals surface area contributed by atoms with Crippen LogP contribution in [0.4, 0.5) is 4.39 Å². The van der Waals surface area contributed by atoms with E-state index in [1.54, 1.807) is 6.20 Å². The maximum Gasteiger partial charge on any atom is 0.220 e. The Labute approximate surface area is 120 Å². The maximum atomic E-state index is 14.4.